The number of benzene rings is 9. The van der Waals surface area contributed by atoms with Gasteiger partial charge in [0, 0.05) is 39.2 Å². The summed E-state index contributed by atoms with van der Waals surface area (Å²) >= 11 is 0. The Morgan fingerprint density at radius 1 is 0.345 bits per heavy atom. The van der Waals surface area contributed by atoms with Gasteiger partial charge in [-0.2, -0.15) is 0 Å². The van der Waals surface area contributed by atoms with Gasteiger partial charge in [-0.3, -0.25) is 0 Å². The monoisotopic (exact) mass is 744 g/mol. The summed E-state index contributed by atoms with van der Waals surface area (Å²) in [5.41, 5.74) is 18.0. The largest absolute Gasteiger partial charge is 0.310 e. The van der Waals surface area contributed by atoms with E-state index in [4.69, 9.17) is 0 Å². The molecule has 278 valence electrons. The maximum absolute atomic E-state index is 2.43. The molecule has 0 radical (unpaired) electrons. The van der Waals surface area contributed by atoms with Gasteiger partial charge in [-0.25, -0.2) is 0 Å². The van der Waals surface area contributed by atoms with Crippen LogP contribution in [0, 0.1) is 6.92 Å². The highest BCUT2D eigenvalue weighted by Gasteiger charge is 2.37. The predicted octanol–water partition coefficient (Wildman–Crippen LogP) is 15.7. The lowest BCUT2D eigenvalue weighted by Crippen LogP contribution is -2.17. The van der Waals surface area contributed by atoms with Crippen molar-refractivity contribution >= 4 is 44.9 Å². The molecule has 58 heavy (non-hydrogen) atoms. The topological polar surface area (TPSA) is 6.48 Å². The summed E-state index contributed by atoms with van der Waals surface area (Å²) in [5.74, 6) is 0. The third-order valence-electron chi connectivity index (χ3n) is 11.9. The molecule has 0 saturated heterocycles. The number of hydrogen-bond donors (Lipinski definition) is 0. The third-order valence-corrected chi connectivity index (χ3v) is 11.9. The Morgan fingerprint density at radius 2 is 0.776 bits per heavy atom. The number of rotatable bonds is 8. The molecular weight excluding hydrogens is 701 g/mol. The molecular formula is C56H44N2. The minimum absolute atomic E-state index is 0.230. The molecule has 1 aliphatic carbocycles. The van der Waals surface area contributed by atoms with Crippen molar-refractivity contribution in [3.05, 3.63) is 229 Å². The SMILES string of the molecule is Cc1ccc(N(c2ccc3c(c2)C(C)(C)c2cc(N(c4ccccc4)c4ccc(-c5ccc(-c6ccccc6)cc5)cc4)ccc2-3)c2cccc3ccccc23)cc1. The molecule has 0 N–H and O–H groups in total. The molecule has 9 aromatic rings. The number of para-hydroxylation sites is 1. The summed E-state index contributed by atoms with van der Waals surface area (Å²) in [4.78, 5) is 4.80. The van der Waals surface area contributed by atoms with Crippen molar-refractivity contribution in [2.24, 2.45) is 0 Å². The van der Waals surface area contributed by atoms with E-state index in [1.165, 1.54) is 66.5 Å². The van der Waals surface area contributed by atoms with E-state index < -0.39 is 0 Å². The van der Waals surface area contributed by atoms with Crippen LogP contribution in [0.5, 0.6) is 0 Å². The van der Waals surface area contributed by atoms with Gasteiger partial charge in [0.05, 0.1) is 5.69 Å². The Morgan fingerprint density at radius 3 is 1.40 bits per heavy atom. The van der Waals surface area contributed by atoms with Crippen molar-refractivity contribution in [3.8, 4) is 33.4 Å². The number of hydrogen-bond acceptors (Lipinski definition) is 2. The van der Waals surface area contributed by atoms with Crippen LogP contribution in [0.4, 0.5) is 34.1 Å². The first kappa shape index (κ1) is 35.3. The molecule has 0 atom stereocenters. The fourth-order valence-corrected chi connectivity index (χ4v) is 8.83. The van der Waals surface area contributed by atoms with Gasteiger partial charge in [0.2, 0.25) is 0 Å². The molecule has 0 amide bonds. The Labute approximate surface area is 341 Å². The van der Waals surface area contributed by atoms with Gasteiger partial charge in [0.15, 0.2) is 0 Å². The fraction of sp³-hybridized carbons (Fsp3) is 0.0714. The fourth-order valence-electron chi connectivity index (χ4n) is 8.83. The van der Waals surface area contributed by atoms with Gasteiger partial charge in [-0.05, 0) is 124 Å². The molecule has 2 heteroatoms. The summed E-state index contributed by atoms with van der Waals surface area (Å²) < 4.78 is 0. The van der Waals surface area contributed by atoms with Gasteiger partial charge in [-0.1, -0.05) is 165 Å². The zero-order valence-electron chi connectivity index (χ0n) is 33.1. The first-order chi connectivity index (χ1) is 28.4. The summed E-state index contributed by atoms with van der Waals surface area (Å²) in [5, 5.41) is 2.46. The summed E-state index contributed by atoms with van der Waals surface area (Å²) in [6.45, 7) is 6.91. The van der Waals surface area contributed by atoms with E-state index in [0.29, 0.717) is 0 Å². The van der Waals surface area contributed by atoms with Gasteiger partial charge < -0.3 is 9.80 Å². The molecule has 2 nitrogen and oxygen atoms in total. The number of anilines is 6. The highest BCUT2D eigenvalue weighted by Crippen LogP contribution is 2.53. The van der Waals surface area contributed by atoms with Crippen LogP contribution in [0.1, 0.15) is 30.5 Å². The molecule has 10 rings (SSSR count). The maximum Gasteiger partial charge on any atom is 0.0540 e. The molecule has 0 unspecified atom stereocenters. The van der Waals surface area contributed by atoms with Crippen LogP contribution in [-0.2, 0) is 5.41 Å². The Balaban J connectivity index is 1.02. The third kappa shape index (κ3) is 6.24. The number of fused-ring (bicyclic) bond motifs is 4. The van der Waals surface area contributed by atoms with Crippen molar-refractivity contribution in [1.82, 2.24) is 0 Å². The molecule has 0 heterocycles. The van der Waals surface area contributed by atoms with Crippen LogP contribution in [-0.4, -0.2) is 0 Å². The summed E-state index contributed by atoms with van der Waals surface area (Å²) in [6, 6.07) is 77.4. The molecule has 0 saturated carbocycles. The molecule has 9 aromatic carbocycles. The van der Waals surface area contributed by atoms with E-state index in [2.05, 4.69) is 243 Å². The van der Waals surface area contributed by atoms with Crippen LogP contribution in [0.15, 0.2) is 212 Å². The molecule has 0 spiro atoms. The van der Waals surface area contributed by atoms with E-state index in [0.717, 1.165) is 28.4 Å². The Hall–Kier alpha value is -7.16. The van der Waals surface area contributed by atoms with Crippen molar-refractivity contribution in [2.45, 2.75) is 26.2 Å². The van der Waals surface area contributed by atoms with Gasteiger partial charge in [-0.15, -0.1) is 0 Å². The van der Waals surface area contributed by atoms with E-state index >= 15 is 0 Å². The zero-order valence-corrected chi connectivity index (χ0v) is 33.1. The lowest BCUT2D eigenvalue weighted by Gasteiger charge is -2.29. The van der Waals surface area contributed by atoms with Gasteiger partial charge in [0.1, 0.15) is 0 Å². The van der Waals surface area contributed by atoms with Gasteiger partial charge >= 0.3 is 0 Å². The molecule has 0 aliphatic heterocycles. The predicted molar refractivity (Wildman–Crippen MR) is 246 cm³/mol. The molecule has 1 aliphatic rings. The van der Waals surface area contributed by atoms with Crippen LogP contribution in [0.3, 0.4) is 0 Å². The van der Waals surface area contributed by atoms with E-state index in [-0.39, 0.29) is 5.41 Å². The van der Waals surface area contributed by atoms with Crippen LogP contribution in [0.25, 0.3) is 44.2 Å². The Bertz CT molecular complexity index is 2890. The first-order valence-corrected chi connectivity index (χ1v) is 20.2. The Kier molecular flexibility index (Phi) is 8.76. The average molecular weight is 745 g/mol. The second-order valence-electron chi connectivity index (χ2n) is 15.9. The van der Waals surface area contributed by atoms with Gasteiger partial charge in [0.25, 0.3) is 0 Å². The minimum atomic E-state index is -0.230. The molecule has 0 bridgehead atoms. The zero-order chi connectivity index (χ0) is 39.2. The normalized spacial score (nSPS) is 12.5. The highest BCUT2D eigenvalue weighted by molar-refractivity contribution is 5.99. The smallest absolute Gasteiger partial charge is 0.0540 e. The van der Waals surface area contributed by atoms with Crippen LogP contribution < -0.4 is 9.80 Å². The van der Waals surface area contributed by atoms with Crippen molar-refractivity contribution in [3.63, 3.8) is 0 Å². The number of aryl methyl sites for hydroxylation is 1. The lowest BCUT2D eigenvalue weighted by molar-refractivity contribution is 0.660. The molecule has 0 fully saturated rings. The second-order valence-corrected chi connectivity index (χ2v) is 15.9. The average Bonchev–Trinajstić information content (AvgIpc) is 3.50. The summed E-state index contributed by atoms with van der Waals surface area (Å²) in [6.07, 6.45) is 0. The standard InChI is InChI=1S/C56H44N2/c1-39-21-29-47(30-22-39)58(55-20-12-16-44-15-10-11-19-50(44)55)49-34-36-52-51-35-33-48(37-53(51)56(2,3)54(52)38-49)57(45-17-8-5-9-18-45)46-31-27-43(28-32-46)42-25-23-41(24-26-42)40-13-6-4-7-14-40/h4-38H,1-3H3. The lowest BCUT2D eigenvalue weighted by atomic mass is 9.82. The van der Waals surface area contributed by atoms with E-state index in [1.807, 2.05) is 0 Å². The summed E-state index contributed by atoms with van der Waals surface area (Å²) in [7, 11) is 0. The maximum atomic E-state index is 2.43. The minimum Gasteiger partial charge on any atom is -0.310 e. The van der Waals surface area contributed by atoms with E-state index in [1.54, 1.807) is 0 Å². The van der Waals surface area contributed by atoms with Crippen molar-refractivity contribution in [2.75, 3.05) is 9.80 Å². The van der Waals surface area contributed by atoms with Crippen LogP contribution in [0.2, 0.25) is 0 Å². The highest BCUT2D eigenvalue weighted by atomic mass is 15.1. The van der Waals surface area contributed by atoms with Crippen LogP contribution >= 0.6 is 0 Å². The number of nitrogens with zero attached hydrogens (tertiary/aromatic N) is 2. The second kappa shape index (κ2) is 14.4. The van der Waals surface area contributed by atoms with E-state index in [9.17, 15) is 0 Å². The van der Waals surface area contributed by atoms with Crippen molar-refractivity contribution < 1.29 is 0 Å². The van der Waals surface area contributed by atoms with Crippen molar-refractivity contribution in [1.29, 1.82) is 0 Å². The molecule has 0 aromatic heterocycles. The first-order valence-electron chi connectivity index (χ1n) is 20.2. The quantitative estimate of drug-likeness (QED) is 0.153.